The number of hydrogen-bond acceptors (Lipinski definition) is 21. The molecule has 0 aliphatic rings. The van der Waals surface area contributed by atoms with Crippen LogP contribution in [0.15, 0.2) is 0 Å². The third kappa shape index (κ3) is 186. The first-order chi connectivity index (χ1) is 15.6. The third-order valence-corrected chi connectivity index (χ3v) is 1.07. The van der Waals surface area contributed by atoms with Gasteiger partial charge in [0, 0.05) is 134 Å². The smallest absolute Gasteiger partial charge is 0.204 e. The fraction of sp³-hybridized carbons (Fsp3) is 1.00. The Bertz CT molecular complexity index is 182. The van der Waals surface area contributed by atoms with Crippen LogP contribution in [0.4, 0.5) is 0 Å². The summed E-state index contributed by atoms with van der Waals surface area (Å²) in [7, 11) is 5.00. The summed E-state index contributed by atoms with van der Waals surface area (Å²) in [5.41, 5.74) is 0. The van der Waals surface area contributed by atoms with Crippen LogP contribution in [-0.4, -0.2) is 210 Å². The van der Waals surface area contributed by atoms with Crippen molar-refractivity contribution in [2.24, 2.45) is 0 Å². The maximum atomic E-state index is 7.69. The molecule has 0 aliphatic carbocycles. The zero-order valence-corrected chi connectivity index (χ0v) is 30.8. The summed E-state index contributed by atoms with van der Waals surface area (Å²) in [5.74, 6) is 0. The van der Waals surface area contributed by atoms with Gasteiger partial charge in [-0.3, -0.25) is 0 Å². The van der Waals surface area contributed by atoms with E-state index in [0.29, 0.717) is 0 Å². The zero-order valence-electron chi connectivity index (χ0n) is 22.2. The molecule has 0 aromatic heterocycles. The Hall–Kier alpha value is 2.35. The van der Waals surface area contributed by atoms with Crippen LogP contribution in [0.25, 0.3) is 0 Å². The van der Waals surface area contributed by atoms with Crippen LogP contribution in [0.2, 0.25) is 0 Å². The normalized spacial score (nSPS) is 7.35. The SMILES string of the molecule is CO.CO.CO.CO.CO.O.O.O.OC(O)C(O)O.OC(O)C(O)O.OC(O)C(O)O.OC(O)C(O)O.[Y].[Y].[Y]. The number of aliphatic hydroxyl groups excluding tert-OH is 13. The molecule has 0 rings (SSSR count). The quantitative estimate of drug-likeness (QED) is 0.117. The van der Waals surface area contributed by atoms with Gasteiger partial charge in [0.15, 0.2) is 0 Å². The van der Waals surface area contributed by atoms with Gasteiger partial charge in [-0.15, -0.1) is 0 Å². The first kappa shape index (κ1) is 96.8. The molecular weight excluding hydrogens is 807 g/mol. The standard InChI is InChI=1S/4C2H6O4.5CH4O.3H2O.3Y/c4*3-1(4)2(5)6;5*1-2;;;;;;/h4*1-6H;5*2H,1H3;3*1H2;;;. The molecule has 0 aromatic carbocycles. The molecule has 0 atom stereocenters. The molecule has 0 saturated carbocycles. The molecule has 0 fully saturated rings. The number of aliphatic hydroxyl groups is 21. The predicted molar refractivity (Wildman–Crippen MR) is 117 cm³/mol. The Balaban J connectivity index is -0.0000000138. The Kier molecular flexibility index (Phi) is 235. The molecule has 0 aliphatic heterocycles. The molecule has 255 valence electrons. The first-order valence-electron chi connectivity index (χ1n) is 7.70. The molecule has 27 N–H and O–H groups in total. The van der Waals surface area contributed by atoms with E-state index in [9.17, 15) is 0 Å². The van der Waals surface area contributed by atoms with Crippen molar-refractivity contribution in [2.75, 3.05) is 35.5 Å². The second-order valence-electron chi connectivity index (χ2n) is 3.31. The second-order valence-corrected chi connectivity index (χ2v) is 3.31. The van der Waals surface area contributed by atoms with E-state index in [-0.39, 0.29) is 115 Å². The van der Waals surface area contributed by atoms with Gasteiger partial charge in [-0.05, 0) is 0 Å². The summed E-state index contributed by atoms with van der Waals surface area (Å²) in [6.07, 6.45) is -16.3. The van der Waals surface area contributed by atoms with E-state index in [2.05, 4.69) is 0 Å². The van der Waals surface area contributed by atoms with E-state index in [1.807, 2.05) is 0 Å². The van der Waals surface area contributed by atoms with Gasteiger partial charge in [0.1, 0.15) is 0 Å². The fourth-order valence-corrected chi connectivity index (χ4v) is 0. The molecule has 0 spiro atoms. The minimum absolute atomic E-state index is 0. The fourth-order valence-electron chi connectivity index (χ4n) is 0. The van der Waals surface area contributed by atoms with Gasteiger partial charge in [-0.25, -0.2) is 0 Å². The van der Waals surface area contributed by atoms with E-state index >= 15 is 0 Å². The summed E-state index contributed by atoms with van der Waals surface area (Å²) in [6, 6.07) is 0. The maximum absolute atomic E-state index is 7.69. The Labute approximate surface area is 304 Å². The minimum Gasteiger partial charge on any atom is -0.412 e. The first-order valence-corrected chi connectivity index (χ1v) is 7.70. The summed E-state index contributed by atoms with van der Waals surface area (Å²) in [4.78, 5) is 0. The number of hydrogen-bond donors (Lipinski definition) is 21. The van der Waals surface area contributed by atoms with Gasteiger partial charge in [0.05, 0.1) is 0 Å². The van der Waals surface area contributed by atoms with Gasteiger partial charge in [0.2, 0.25) is 50.3 Å². The molecular formula is C13H50O24Y3. The zero-order chi connectivity index (χ0) is 30.6. The van der Waals surface area contributed by atoms with Gasteiger partial charge in [-0.2, -0.15) is 0 Å². The summed E-state index contributed by atoms with van der Waals surface area (Å²) in [6.45, 7) is 0. The average Bonchev–Trinajstić information content (AvgIpc) is 2.81. The van der Waals surface area contributed by atoms with Crippen LogP contribution in [0.1, 0.15) is 0 Å². The largest absolute Gasteiger partial charge is 0.412 e. The molecule has 40 heavy (non-hydrogen) atoms. The van der Waals surface area contributed by atoms with Crippen molar-refractivity contribution in [3.05, 3.63) is 0 Å². The van der Waals surface area contributed by atoms with Gasteiger partial charge < -0.3 is 124 Å². The molecule has 0 saturated heterocycles. The van der Waals surface area contributed by atoms with E-state index in [1.165, 1.54) is 0 Å². The van der Waals surface area contributed by atoms with Crippen molar-refractivity contribution in [1.82, 2.24) is 0 Å². The van der Waals surface area contributed by atoms with Crippen LogP contribution in [0, 0.1) is 0 Å². The molecule has 0 amide bonds. The van der Waals surface area contributed by atoms with Crippen molar-refractivity contribution in [1.29, 1.82) is 0 Å². The van der Waals surface area contributed by atoms with E-state index in [1.54, 1.807) is 0 Å². The Morgan fingerprint density at radius 1 is 0.200 bits per heavy atom. The molecule has 24 nitrogen and oxygen atoms in total. The van der Waals surface area contributed by atoms with E-state index in [4.69, 9.17) is 107 Å². The average molecular weight is 857 g/mol. The van der Waals surface area contributed by atoms with Crippen LogP contribution in [0.3, 0.4) is 0 Å². The molecule has 0 heterocycles. The Morgan fingerprint density at radius 2 is 0.225 bits per heavy atom. The van der Waals surface area contributed by atoms with Crippen molar-refractivity contribution >= 4 is 0 Å². The topological polar surface area (TPSA) is 519 Å². The summed E-state index contributed by atoms with van der Waals surface area (Å²) >= 11 is 0. The van der Waals surface area contributed by atoms with Crippen LogP contribution < -0.4 is 0 Å². The molecule has 0 aromatic rings. The summed E-state index contributed by atoms with van der Waals surface area (Å²) < 4.78 is 0. The van der Waals surface area contributed by atoms with Crippen molar-refractivity contribution in [2.45, 2.75) is 50.3 Å². The Morgan fingerprint density at radius 3 is 0.225 bits per heavy atom. The minimum atomic E-state index is -2.04. The monoisotopic (exact) mass is 857 g/mol. The van der Waals surface area contributed by atoms with Gasteiger partial charge in [-0.1, -0.05) is 0 Å². The molecule has 0 unspecified atom stereocenters. The van der Waals surface area contributed by atoms with E-state index in [0.717, 1.165) is 35.5 Å². The third-order valence-electron chi connectivity index (χ3n) is 1.07. The second kappa shape index (κ2) is 97.0. The van der Waals surface area contributed by atoms with Crippen molar-refractivity contribution in [3.8, 4) is 0 Å². The van der Waals surface area contributed by atoms with Crippen molar-refractivity contribution < 1.29 is 222 Å². The van der Waals surface area contributed by atoms with Gasteiger partial charge in [0.25, 0.3) is 0 Å². The van der Waals surface area contributed by atoms with Crippen LogP contribution in [0.5, 0.6) is 0 Å². The van der Waals surface area contributed by atoms with E-state index < -0.39 is 50.3 Å². The van der Waals surface area contributed by atoms with Crippen LogP contribution in [-0.2, 0) is 98.1 Å². The number of rotatable bonds is 4. The molecule has 27 heteroatoms. The summed E-state index contributed by atoms with van der Waals surface area (Å²) in [5, 5.41) is 158. The van der Waals surface area contributed by atoms with Crippen LogP contribution >= 0.6 is 0 Å². The predicted octanol–water partition coefficient (Wildman–Crippen LogP) is -14.0. The van der Waals surface area contributed by atoms with Crippen molar-refractivity contribution in [3.63, 3.8) is 0 Å². The molecule has 0 bridgehead atoms. The molecule has 3 radical (unpaired) electrons. The van der Waals surface area contributed by atoms with Gasteiger partial charge >= 0.3 is 0 Å². The maximum Gasteiger partial charge on any atom is 0.204 e.